The molecule has 2 aromatic heterocycles. The molecule has 3 rings (SSSR count). The van der Waals surface area contributed by atoms with Gasteiger partial charge in [0.2, 0.25) is 0 Å². The molecule has 0 amide bonds. The minimum absolute atomic E-state index is 0.0160. The summed E-state index contributed by atoms with van der Waals surface area (Å²) < 4.78 is 1.70. The maximum Gasteiger partial charge on any atom is 0.164 e. The van der Waals surface area contributed by atoms with Crippen LogP contribution < -0.4 is 0 Å². The summed E-state index contributed by atoms with van der Waals surface area (Å²) in [5.74, 6) is 0.559. The van der Waals surface area contributed by atoms with Gasteiger partial charge in [0, 0.05) is 11.6 Å². The van der Waals surface area contributed by atoms with Gasteiger partial charge in [-0.25, -0.2) is 9.67 Å². The first-order chi connectivity index (χ1) is 8.77. The molecule has 0 aliphatic heterocycles. The van der Waals surface area contributed by atoms with E-state index in [1.54, 1.807) is 29.2 Å². The molecule has 0 spiro atoms. The van der Waals surface area contributed by atoms with Crippen LogP contribution in [-0.4, -0.2) is 20.5 Å². The molecule has 4 nitrogen and oxygen atoms in total. The number of pyridine rings is 1. The smallest absolute Gasteiger partial charge is 0.164 e. The van der Waals surface area contributed by atoms with Crippen LogP contribution >= 0.6 is 0 Å². The van der Waals surface area contributed by atoms with Crippen molar-refractivity contribution in [3.8, 4) is 5.82 Å². The fraction of sp³-hybridized carbons (Fsp3) is 0.0714. The Kier molecular flexibility index (Phi) is 2.41. The van der Waals surface area contributed by atoms with Crippen molar-refractivity contribution in [1.29, 1.82) is 0 Å². The molecular formula is C14H11N3O. The van der Waals surface area contributed by atoms with Crippen molar-refractivity contribution >= 4 is 16.7 Å². The summed E-state index contributed by atoms with van der Waals surface area (Å²) in [5.41, 5.74) is 1.52. The first-order valence-corrected chi connectivity index (χ1v) is 5.66. The number of fused-ring (bicyclic) bond motifs is 1. The molecule has 18 heavy (non-hydrogen) atoms. The Bertz CT molecular complexity index is 730. The molecule has 0 aliphatic carbocycles. The zero-order chi connectivity index (χ0) is 12.5. The van der Waals surface area contributed by atoms with Gasteiger partial charge >= 0.3 is 0 Å². The van der Waals surface area contributed by atoms with Crippen molar-refractivity contribution in [2.45, 2.75) is 6.92 Å². The average molecular weight is 237 g/mol. The SMILES string of the molecule is CC(=O)c1cccnc1-n1ncc2ccccc21. The molecule has 0 unspecified atom stereocenters. The molecule has 0 aliphatic rings. The molecular weight excluding hydrogens is 226 g/mol. The quantitative estimate of drug-likeness (QED) is 0.644. The van der Waals surface area contributed by atoms with E-state index in [0.717, 1.165) is 10.9 Å². The van der Waals surface area contributed by atoms with E-state index in [1.165, 1.54) is 6.92 Å². The molecule has 0 atom stereocenters. The van der Waals surface area contributed by atoms with Crippen LogP contribution in [0.2, 0.25) is 0 Å². The summed E-state index contributed by atoms with van der Waals surface area (Å²) in [4.78, 5) is 15.9. The Labute approximate surface area is 104 Å². The van der Waals surface area contributed by atoms with Gasteiger partial charge in [0.1, 0.15) is 0 Å². The highest BCUT2D eigenvalue weighted by Gasteiger charge is 2.12. The Balaban J connectivity index is 2.30. The number of hydrogen-bond donors (Lipinski definition) is 0. The van der Waals surface area contributed by atoms with Gasteiger partial charge in [-0.3, -0.25) is 4.79 Å². The molecule has 0 N–H and O–H groups in total. The first-order valence-electron chi connectivity index (χ1n) is 5.66. The van der Waals surface area contributed by atoms with Gasteiger partial charge in [0.25, 0.3) is 0 Å². The average Bonchev–Trinajstić information content (AvgIpc) is 2.82. The largest absolute Gasteiger partial charge is 0.294 e. The van der Waals surface area contributed by atoms with Gasteiger partial charge in [-0.05, 0) is 25.1 Å². The van der Waals surface area contributed by atoms with Gasteiger partial charge in [0.15, 0.2) is 11.6 Å². The van der Waals surface area contributed by atoms with E-state index < -0.39 is 0 Å². The lowest BCUT2D eigenvalue weighted by Gasteiger charge is -2.06. The second kappa shape index (κ2) is 4.07. The second-order valence-corrected chi connectivity index (χ2v) is 4.05. The predicted molar refractivity (Wildman–Crippen MR) is 68.9 cm³/mol. The first kappa shape index (κ1) is 10.7. The van der Waals surface area contributed by atoms with E-state index in [9.17, 15) is 4.79 Å². The lowest BCUT2D eigenvalue weighted by Crippen LogP contribution is -2.06. The lowest BCUT2D eigenvalue weighted by molar-refractivity contribution is 0.101. The highest BCUT2D eigenvalue weighted by molar-refractivity contribution is 5.97. The zero-order valence-electron chi connectivity index (χ0n) is 9.87. The number of ketones is 1. The predicted octanol–water partition coefficient (Wildman–Crippen LogP) is 2.62. The molecule has 0 saturated carbocycles. The molecule has 1 aromatic carbocycles. The number of Topliss-reactive ketones (excluding diaryl/α,β-unsaturated/α-hetero) is 1. The van der Waals surface area contributed by atoms with Crippen LogP contribution in [0.4, 0.5) is 0 Å². The van der Waals surface area contributed by atoms with Gasteiger partial charge in [-0.15, -0.1) is 0 Å². The third kappa shape index (κ3) is 1.59. The minimum Gasteiger partial charge on any atom is -0.294 e. The van der Waals surface area contributed by atoms with Crippen LogP contribution in [0.5, 0.6) is 0 Å². The maximum atomic E-state index is 11.6. The topological polar surface area (TPSA) is 47.8 Å². The number of hydrogen-bond acceptors (Lipinski definition) is 3. The molecule has 88 valence electrons. The number of carbonyl (C=O) groups is 1. The summed E-state index contributed by atoms with van der Waals surface area (Å²) in [7, 11) is 0. The highest BCUT2D eigenvalue weighted by Crippen LogP contribution is 2.19. The Morgan fingerprint density at radius 2 is 2.00 bits per heavy atom. The van der Waals surface area contributed by atoms with Crippen LogP contribution in [0, 0.1) is 0 Å². The van der Waals surface area contributed by atoms with Crippen LogP contribution in [-0.2, 0) is 0 Å². The van der Waals surface area contributed by atoms with Crippen LogP contribution in [0.1, 0.15) is 17.3 Å². The summed E-state index contributed by atoms with van der Waals surface area (Å²) in [6.07, 6.45) is 3.44. The summed E-state index contributed by atoms with van der Waals surface area (Å²) in [5, 5.41) is 5.34. The minimum atomic E-state index is -0.0160. The zero-order valence-corrected chi connectivity index (χ0v) is 9.87. The van der Waals surface area contributed by atoms with Crippen molar-refractivity contribution in [1.82, 2.24) is 14.8 Å². The fourth-order valence-corrected chi connectivity index (χ4v) is 1.98. The van der Waals surface area contributed by atoms with Gasteiger partial charge in [-0.1, -0.05) is 18.2 Å². The number of rotatable bonds is 2. The number of para-hydroxylation sites is 1. The van der Waals surface area contributed by atoms with E-state index in [2.05, 4.69) is 10.1 Å². The van der Waals surface area contributed by atoms with Crippen molar-refractivity contribution in [2.75, 3.05) is 0 Å². The molecule has 2 heterocycles. The monoisotopic (exact) mass is 237 g/mol. The highest BCUT2D eigenvalue weighted by atomic mass is 16.1. The molecule has 4 heteroatoms. The molecule has 0 fully saturated rings. The normalized spacial score (nSPS) is 10.7. The number of nitrogens with zero attached hydrogens (tertiary/aromatic N) is 3. The molecule has 0 saturated heterocycles. The van der Waals surface area contributed by atoms with Crippen LogP contribution in [0.15, 0.2) is 48.8 Å². The number of carbonyl (C=O) groups excluding carboxylic acids is 1. The number of benzene rings is 1. The van der Waals surface area contributed by atoms with E-state index >= 15 is 0 Å². The summed E-state index contributed by atoms with van der Waals surface area (Å²) in [6, 6.07) is 11.4. The Hall–Kier alpha value is -2.49. The third-order valence-electron chi connectivity index (χ3n) is 2.84. The van der Waals surface area contributed by atoms with Crippen LogP contribution in [0.3, 0.4) is 0 Å². The van der Waals surface area contributed by atoms with Crippen molar-refractivity contribution in [2.24, 2.45) is 0 Å². The van der Waals surface area contributed by atoms with E-state index in [-0.39, 0.29) is 5.78 Å². The summed E-state index contributed by atoms with van der Waals surface area (Å²) in [6.45, 7) is 1.53. The fourth-order valence-electron chi connectivity index (χ4n) is 1.98. The third-order valence-corrected chi connectivity index (χ3v) is 2.84. The number of aromatic nitrogens is 3. The second-order valence-electron chi connectivity index (χ2n) is 4.05. The molecule has 0 bridgehead atoms. The van der Waals surface area contributed by atoms with Gasteiger partial charge in [-0.2, -0.15) is 5.10 Å². The van der Waals surface area contributed by atoms with Gasteiger partial charge < -0.3 is 0 Å². The standard InChI is InChI=1S/C14H11N3O/c1-10(18)12-6-4-8-15-14(12)17-13-7-3-2-5-11(13)9-16-17/h2-9H,1H3. The lowest BCUT2D eigenvalue weighted by atomic mass is 10.2. The van der Waals surface area contributed by atoms with E-state index in [4.69, 9.17) is 0 Å². The van der Waals surface area contributed by atoms with Crippen LogP contribution in [0.25, 0.3) is 16.7 Å². The molecule has 0 radical (unpaired) electrons. The Morgan fingerprint density at radius 1 is 1.17 bits per heavy atom. The van der Waals surface area contributed by atoms with Gasteiger partial charge in [0.05, 0.1) is 17.3 Å². The molecule has 3 aromatic rings. The maximum absolute atomic E-state index is 11.6. The van der Waals surface area contributed by atoms with Crippen molar-refractivity contribution in [3.05, 3.63) is 54.4 Å². The van der Waals surface area contributed by atoms with E-state index in [0.29, 0.717) is 11.4 Å². The Morgan fingerprint density at radius 3 is 2.83 bits per heavy atom. The van der Waals surface area contributed by atoms with Crippen molar-refractivity contribution in [3.63, 3.8) is 0 Å². The van der Waals surface area contributed by atoms with E-state index in [1.807, 2.05) is 24.3 Å². The summed E-state index contributed by atoms with van der Waals surface area (Å²) >= 11 is 0. The van der Waals surface area contributed by atoms with Crippen molar-refractivity contribution < 1.29 is 4.79 Å².